The lowest BCUT2D eigenvalue weighted by molar-refractivity contribution is 0.0669. The van der Waals surface area contributed by atoms with E-state index in [0.717, 1.165) is 11.2 Å². The average Bonchev–Trinajstić information content (AvgIpc) is 2.99. The summed E-state index contributed by atoms with van der Waals surface area (Å²) in [6, 6.07) is 8.44. The van der Waals surface area contributed by atoms with Crippen LogP contribution in [0.25, 0.3) is 32.8 Å². The zero-order valence-corrected chi connectivity index (χ0v) is 14.5. The maximum absolute atomic E-state index is 14.6. The number of likely N-dealkylation sites (tertiary alicyclic amines) is 1. The van der Waals surface area contributed by atoms with Crippen LogP contribution in [0.15, 0.2) is 30.3 Å². The molecule has 5 rings (SSSR count). The fourth-order valence-corrected chi connectivity index (χ4v) is 3.84. The van der Waals surface area contributed by atoms with Crippen LogP contribution in [0.2, 0.25) is 5.15 Å². The Hall–Kier alpha value is -2.31. The molecule has 4 nitrogen and oxygen atoms in total. The molecule has 4 heterocycles. The number of nitrogens with one attached hydrogen (secondary N) is 1. The molecule has 1 N–H and O–H groups in total. The quantitative estimate of drug-likeness (QED) is 0.547. The fourth-order valence-electron chi connectivity index (χ4n) is 3.68. The van der Waals surface area contributed by atoms with Gasteiger partial charge in [0, 0.05) is 36.8 Å². The molecule has 3 aromatic heterocycles. The predicted molar refractivity (Wildman–Crippen MR) is 98.9 cm³/mol. The Labute approximate surface area is 152 Å². The lowest BCUT2D eigenvalue weighted by Gasteiger charge is -2.34. The number of alkyl halides is 1. The second-order valence-corrected chi connectivity index (χ2v) is 7.11. The number of hydrogen-bond acceptors (Lipinski definition) is 3. The summed E-state index contributed by atoms with van der Waals surface area (Å²) in [6.07, 6.45) is -0.133. The fraction of sp³-hybridized carbons (Fsp3) is 0.263. The van der Waals surface area contributed by atoms with E-state index in [2.05, 4.69) is 9.97 Å². The van der Waals surface area contributed by atoms with Crippen molar-refractivity contribution < 1.29 is 8.78 Å². The molecule has 7 heteroatoms. The third kappa shape index (κ3) is 2.44. The highest BCUT2D eigenvalue weighted by atomic mass is 35.5. The van der Waals surface area contributed by atoms with Crippen LogP contribution in [-0.2, 0) is 6.42 Å². The highest BCUT2D eigenvalue weighted by Crippen LogP contribution is 2.34. The summed E-state index contributed by atoms with van der Waals surface area (Å²) in [5.41, 5.74) is 3.46. The number of halogens is 3. The Kier molecular flexibility index (Phi) is 3.58. The Morgan fingerprint density at radius 1 is 1.12 bits per heavy atom. The van der Waals surface area contributed by atoms with Crippen LogP contribution >= 0.6 is 11.6 Å². The van der Waals surface area contributed by atoms with E-state index in [1.807, 2.05) is 11.0 Å². The predicted octanol–water partition coefficient (Wildman–Crippen LogP) is 4.25. The zero-order chi connectivity index (χ0) is 17.8. The molecule has 0 unspecified atom stereocenters. The van der Waals surface area contributed by atoms with Crippen LogP contribution in [0, 0.1) is 5.82 Å². The average molecular weight is 373 g/mol. The zero-order valence-electron chi connectivity index (χ0n) is 13.8. The summed E-state index contributed by atoms with van der Waals surface area (Å²) in [6.45, 7) is 1.59. The van der Waals surface area contributed by atoms with Gasteiger partial charge in [0.1, 0.15) is 17.1 Å². The second kappa shape index (κ2) is 5.86. The van der Waals surface area contributed by atoms with Gasteiger partial charge in [-0.2, -0.15) is 0 Å². The Balaban J connectivity index is 1.75. The minimum Gasteiger partial charge on any atom is -0.343 e. The van der Waals surface area contributed by atoms with Crippen molar-refractivity contribution in [3.8, 4) is 0 Å². The van der Waals surface area contributed by atoms with Crippen molar-refractivity contribution in [2.45, 2.75) is 12.6 Å². The number of pyridine rings is 2. The topological polar surface area (TPSA) is 44.8 Å². The highest BCUT2D eigenvalue weighted by Gasteiger charge is 2.26. The van der Waals surface area contributed by atoms with Crippen molar-refractivity contribution in [3.05, 3.63) is 47.0 Å². The number of fused-ring (bicyclic) bond motifs is 5. The lowest BCUT2D eigenvalue weighted by atomic mass is 10.1. The molecule has 0 amide bonds. The molecule has 132 valence electrons. The first-order valence-corrected chi connectivity index (χ1v) is 8.89. The van der Waals surface area contributed by atoms with Crippen molar-refractivity contribution in [2.24, 2.45) is 0 Å². The van der Waals surface area contributed by atoms with Gasteiger partial charge in [0.25, 0.3) is 0 Å². The standard InChI is InChI=1S/C19H15ClF2N4/c20-15-5-4-14-18(25-15)19-17(16-11(22)2-1-3-12(16)24-19)13(23-14)6-7-26-8-10(21)9-26/h1-5,10,25H,6-9H2. The van der Waals surface area contributed by atoms with Gasteiger partial charge < -0.3 is 4.98 Å². The first kappa shape index (κ1) is 15.9. The lowest BCUT2D eigenvalue weighted by Crippen LogP contribution is -2.48. The molecule has 0 spiro atoms. The summed E-state index contributed by atoms with van der Waals surface area (Å²) >= 11 is 6.10. The van der Waals surface area contributed by atoms with E-state index in [-0.39, 0.29) is 5.82 Å². The third-order valence-electron chi connectivity index (χ3n) is 4.96. The number of hydrogen-bond donors (Lipinski definition) is 1. The van der Waals surface area contributed by atoms with Crippen LogP contribution in [0.4, 0.5) is 8.78 Å². The molecule has 0 saturated carbocycles. The largest absolute Gasteiger partial charge is 0.343 e. The smallest absolute Gasteiger partial charge is 0.133 e. The van der Waals surface area contributed by atoms with Crippen molar-refractivity contribution in [3.63, 3.8) is 0 Å². The van der Waals surface area contributed by atoms with Crippen molar-refractivity contribution in [1.29, 1.82) is 0 Å². The van der Waals surface area contributed by atoms with E-state index in [0.29, 0.717) is 58.5 Å². The van der Waals surface area contributed by atoms with Gasteiger partial charge in [-0.15, -0.1) is 0 Å². The van der Waals surface area contributed by atoms with Crippen LogP contribution < -0.4 is 0 Å². The van der Waals surface area contributed by atoms with Gasteiger partial charge in [-0.1, -0.05) is 17.7 Å². The highest BCUT2D eigenvalue weighted by molar-refractivity contribution is 6.30. The number of rotatable bonds is 3. The van der Waals surface area contributed by atoms with E-state index in [1.54, 1.807) is 18.2 Å². The Bertz CT molecular complexity index is 1150. The van der Waals surface area contributed by atoms with Gasteiger partial charge in [-0.25, -0.2) is 13.8 Å². The number of aromatic nitrogens is 3. The van der Waals surface area contributed by atoms with E-state index in [1.165, 1.54) is 6.07 Å². The van der Waals surface area contributed by atoms with Crippen molar-refractivity contribution >= 4 is 44.4 Å². The minimum atomic E-state index is -0.741. The molecule has 0 atom stereocenters. The molecular formula is C19H15ClF2N4. The monoisotopic (exact) mass is 372 g/mol. The molecule has 1 fully saturated rings. The van der Waals surface area contributed by atoms with E-state index in [4.69, 9.17) is 16.6 Å². The first-order valence-electron chi connectivity index (χ1n) is 8.51. The van der Waals surface area contributed by atoms with Gasteiger partial charge >= 0.3 is 0 Å². The maximum atomic E-state index is 14.6. The van der Waals surface area contributed by atoms with Crippen LogP contribution in [0.3, 0.4) is 0 Å². The van der Waals surface area contributed by atoms with Gasteiger partial charge in [0.2, 0.25) is 0 Å². The molecule has 1 aliphatic heterocycles. The molecule has 1 aromatic carbocycles. The van der Waals surface area contributed by atoms with E-state index < -0.39 is 6.17 Å². The summed E-state index contributed by atoms with van der Waals surface area (Å²) in [5.74, 6) is -0.317. The molecule has 1 aliphatic rings. The third-order valence-corrected chi connectivity index (χ3v) is 5.18. The molecular weight excluding hydrogens is 358 g/mol. The number of H-pyrrole nitrogens is 1. The number of aromatic amines is 1. The number of benzene rings is 1. The first-order chi connectivity index (χ1) is 12.6. The molecule has 0 bridgehead atoms. The van der Waals surface area contributed by atoms with E-state index in [9.17, 15) is 8.78 Å². The summed E-state index contributed by atoms with van der Waals surface area (Å²) in [5, 5.41) is 1.66. The van der Waals surface area contributed by atoms with Crippen LogP contribution in [0.1, 0.15) is 5.69 Å². The van der Waals surface area contributed by atoms with Crippen LogP contribution in [-0.4, -0.2) is 45.7 Å². The van der Waals surface area contributed by atoms with Gasteiger partial charge in [-0.3, -0.25) is 9.88 Å². The maximum Gasteiger partial charge on any atom is 0.133 e. The van der Waals surface area contributed by atoms with Gasteiger partial charge in [0.05, 0.1) is 27.8 Å². The number of nitrogens with zero attached hydrogens (tertiary/aromatic N) is 3. The van der Waals surface area contributed by atoms with Crippen molar-refractivity contribution in [1.82, 2.24) is 19.9 Å². The molecule has 0 radical (unpaired) electrons. The summed E-state index contributed by atoms with van der Waals surface area (Å²) in [4.78, 5) is 14.5. The van der Waals surface area contributed by atoms with Crippen molar-refractivity contribution in [2.75, 3.05) is 19.6 Å². The summed E-state index contributed by atoms with van der Waals surface area (Å²) in [7, 11) is 0. The van der Waals surface area contributed by atoms with Gasteiger partial charge in [-0.05, 0) is 24.3 Å². The van der Waals surface area contributed by atoms with Gasteiger partial charge in [0.15, 0.2) is 0 Å². The summed E-state index contributed by atoms with van der Waals surface area (Å²) < 4.78 is 27.6. The Morgan fingerprint density at radius 2 is 1.96 bits per heavy atom. The molecule has 1 saturated heterocycles. The SMILES string of the molecule is Fc1cccc2nc3c4[nH]c(Cl)ccc4nc(CCN4CC(F)C4)c3c12. The minimum absolute atomic E-state index is 0.317. The van der Waals surface area contributed by atoms with E-state index >= 15 is 0 Å². The molecule has 0 aliphatic carbocycles. The van der Waals surface area contributed by atoms with Crippen LogP contribution in [0.5, 0.6) is 0 Å². The molecule has 26 heavy (non-hydrogen) atoms. The molecule has 4 aromatic rings. The Morgan fingerprint density at radius 3 is 2.77 bits per heavy atom. The second-order valence-electron chi connectivity index (χ2n) is 6.70. The normalized spacial score (nSPS) is 16.0.